The molecule has 98 valence electrons. The quantitative estimate of drug-likeness (QED) is 0.450. The summed E-state index contributed by atoms with van der Waals surface area (Å²) in [6, 6.07) is 0. The van der Waals surface area contributed by atoms with Crippen LogP contribution in [0, 0.1) is 5.41 Å². The van der Waals surface area contributed by atoms with Crippen molar-refractivity contribution in [3.05, 3.63) is 0 Å². The zero-order valence-electron chi connectivity index (χ0n) is 9.90. The van der Waals surface area contributed by atoms with E-state index in [1.165, 1.54) is 0 Å². The highest BCUT2D eigenvalue weighted by Gasteiger charge is 2.25. The molecule has 7 nitrogen and oxygen atoms in total. The number of amides is 2. The Bertz CT molecular complexity index is 314. The number of aliphatic hydroxyl groups excluding tert-OH is 1. The molecular weight excluding hydrogens is 228 g/mol. The highest BCUT2D eigenvalue weighted by molar-refractivity contribution is 5.81. The first-order chi connectivity index (χ1) is 7.64. The third-order valence-electron chi connectivity index (χ3n) is 2.09. The van der Waals surface area contributed by atoms with Gasteiger partial charge in [0.15, 0.2) is 0 Å². The maximum Gasteiger partial charge on any atom is 0.303 e. The number of hydrogen-bond acceptors (Lipinski definition) is 4. The summed E-state index contributed by atoms with van der Waals surface area (Å²) in [4.78, 5) is 32.4. The Morgan fingerprint density at radius 3 is 2.24 bits per heavy atom. The van der Waals surface area contributed by atoms with Gasteiger partial charge in [-0.1, -0.05) is 13.8 Å². The lowest BCUT2D eigenvalue weighted by Crippen LogP contribution is -2.41. The van der Waals surface area contributed by atoms with Crippen LogP contribution in [0.3, 0.4) is 0 Å². The summed E-state index contributed by atoms with van der Waals surface area (Å²) in [5.74, 6) is -2.34. The Kier molecular flexibility index (Phi) is 5.60. The lowest BCUT2D eigenvalue weighted by Gasteiger charge is -2.21. The molecule has 0 heterocycles. The predicted molar refractivity (Wildman–Crippen MR) is 58.9 cm³/mol. The van der Waals surface area contributed by atoms with Gasteiger partial charge in [-0.15, -0.1) is 0 Å². The second-order valence-electron chi connectivity index (χ2n) is 4.63. The van der Waals surface area contributed by atoms with Gasteiger partial charge >= 0.3 is 5.97 Å². The van der Waals surface area contributed by atoms with Crippen molar-refractivity contribution in [2.45, 2.75) is 32.8 Å². The minimum Gasteiger partial charge on any atom is -0.481 e. The first-order valence-corrected chi connectivity index (χ1v) is 5.10. The number of aliphatic hydroxyl groups is 1. The molecule has 0 rings (SSSR count). The third-order valence-corrected chi connectivity index (χ3v) is 2.09. The SMILES string of the molecule is CC(C)(CC(=O)O)CC(=O)NCC(O)C(N)=O. The summed E-state index contributed by atoms with van der Waals surface area (Å²) in [7, 11) is 0. The number of carbonyl (C=O) groups is 3. The third kappa shape index (κ3) is 7.29. The van der Waals surface area contributed by atoms with Gasteiger partial charge in [-0.2, -0.15) is 0 Å². The van der Waals surface area contributed by atoms with E-state index in [9.17, 15) is 14.4 Å². The molecule has 0 bridgehead atoms. The van der Waals surface area contributed by atoms with Crippen molar-refractivity contribution in [3.8, 4) is 0 Å². The summed E-state index contributed by atoms with van der Waals surface area (Å²) in [5, 5.41) is 20.0. The molecule has 0 aromatic heterocycles. The minimum atomic E-state index is -1.43. The van der Waals surface area contributed by atoms with Gasteiger partial charge in [0, 0.05) is 6.42 Å². The number of primary amides is 1. The average Bonchev–Trinajstić information content (AvgIpc) is 2.10. The summed E-state index contributed by atoms with van der Waals surface area (Å²) >= 11 is 0. The molecule has 0 saturated heterocycles. The minimum absolute atomic E-state index is 0.00914. The number of nitrogens with two attached hydrogens (primary N) is 1. The predicted octanol–water partition coefficient (Wildman–Crippen LogP) is -1.16. The molecule has 0 saturated carbocycles. The van der Waals surface area contributed by atoms with Crippen LogP contribution >= 0.6 is 0 Å². The van der Waals surface area contributed by atoms with Gasteiger partial charge in [-0.3, -0.25) is 14.4 Å². The average molecular weight is 246 g/mol. The van der Waals surface area contributed by atoms with Crippen LogP contribution in [0.5, 0.6) is 0 Å². The number of carboxylic acids is 1. The van der Waals surface area contributed by atoms with E-state index in [0.29, 0.717) is 0 Å². The van der Waals surface area contributed by atoms with E-state index in [1.54, 1.807) is 13.8 Å². The van der Waals surface area contributed by atoms with Crippen LogP contribution in [-0.2, 0) is 14.4 Å². The lowest BCUT2D eigenvalue weighted by atomic mass is 9.85. The van der Waals surface area contributed by atoms with Crippen LogP contribution in [0.25, 0.3) is 0 Å². The molecule has 5 N–H and O–H groups in total. The molecule has 0 aromatic rings. The van der Waals surface area contributed by atoms with Gasteiger partial charge < -0.3 is 21.3 Å². The van der Waals surface area contributed by atoms with Crippen molar-refractivity contribution in [1.29, 1.82) is 0 Å². The van der Waals surface area contributed by atoms with E-state index >= 15 is 0 Å². The van der Waals surface area contributed by atoms with E-state index in [4.69, 9.17) is 15.9 Å². The second-order valence-corrected chi connectivity index (χ2v) is 4.63. The Morgan fingerprint density at radius 1 is 1.29 bits per heavy atom. The van der Waals surface area contributed by atoms with Crippen molar-refractivity contribution < 1.29 is 24.6 Å². The molecule has 0 fully saturated rings. The molecule has 7 heteroatoms. The molecular formula is C10H18N2O5. The number of nitrogens with one attached hydrogen (secondary N) is 1. The number of carboxylic acid groups (broad SMARTS) is 1. The van der Waals surface area contributed by atoms with Gasteiger partial charge in [0.05, 0.1) is 13.0 Å². The molecule has 1 atom stereocenters. The van der Waals surface area contributed by atoms with E-state index < -0.39 is 29.3 Å². The van der Waals surface area contributed by atoms with E-state index in [-0.39, 0.29) is 19.4 Å². The molecule has 0 aromatic carbocycles. The summed E-state index contributed by atoms with van der Waals surface area (Å²) in [5.41, 5.74) is 4.11. The first-order valence-electron chi connectivity index (χ1n) is 5.10. The van der Waals surface area contributed by atoms with E-state index in [2.05, 4.69) is 5.32 Å². The Hall–Kier alpha value is -1.63. The van der Waals surface area contributed by atoms with Crippen molar-refractivity contribution in [1.82, 2.24) is 5.32 Å². The van der Waals surface area contributed by atoms with Gasteiger partial charge in [0.2, 0.25) is 11.8 Å². The fraction of sp³-hybridized carbons (Fsp3) is 0.700. The molecule has 0 spiro atoms. The topological polar surface area (TPSA) is 130 Å². The van der Waals surface area contributed by atoms with Crippen LogP contribution in [0.4, 0.5) is 0 Å². The van der Waals surface area contributed by atoms with Crippen LogP contribution in [0.15, 0.2) is 0 Å². The number of carbonyl (C=O) groups excluding carboxylic acids is 2. The normalized spacial score (nSPS) is 12.9. The molecule has 1 unspecified atom stereocenters. The fourth-order valence-electron chi connectivity index (χ4n) is 1.28. The number of aliphatic carboxylic acids is 1. The highest BCUT2D eigenvalue weighted by Crippen LogP contribution is 2.24. The monoisotopic (exact) mass is 246 g/mol. The number of rotatable bonds is 7. The maximum atomic E-state index is 11.4. The summed E-state index contributed by atoms with van der Waals surface area (Å²) in [6.07, 6.45) is -1.58. The molecule has 0 aliphatic carbocycles. The Balaban J connectivity index is 4.09. The van der Waals surface area contributed by atoms with Gasteiger partial charge in [0.1, 0.15) is 6.10 Å². The molecule has 0 aliphatic rings. The Labute approximate surface area is 99.0 Å². The van der Waals surface area contributed by atoms with Crippen LogP contribution < -0.4 is 11.1 Å². The first kappa shape index (κ1) is 15.4. The molecule has 0 radical (unpaired) electrons. The van der Waals surface area contributed by atoms with Gasteiger partial charge in [-0.05, 0) is 5.41 Å². The molecule has 2 amide bonds. The Morgan fingerprint density at radius 2 is 1.82 bits per heavy atom. The highest BCUT2D eigenvalue weighted by atomic mass is 16.4. The molecule has 0 aliphatic heterocycles. The largest absolute Gasteiger partial charge is 0.481 e. The fourth-order valence-corrected chi connectivity index (χ4v) is 1.28. The van der Waals surface area contributed by atoms with Crippen LogP contribution in [0.1, 0.15) is 26.7 Å². The maximum absolute atomic E-state index is 11.4. The smallest absolute Gasteiger partial charge is 0.303 e. The van der Waals surface area contributed by atoms with Crippen molar-refractivity contribution >= 4 is 17.8 Å². The number of hydrogen-bond donors (Lipinski definition) is 4. The van der Waals surface area contributed by atoms with Crippen molar-refractivity contribution in [3.63, 3.8) is 0 Å². The second kappa shape index (κ2) is 6.19. The van der Waals surface area contributed by atoms with E-state index in [0.717, 1.165) is 0 Å². The van der Waals surface area contributed by atoms with E-state index in [1.807, 2.05) is 0 Å². The van der Waals surface area contributed by atoms with Crippen LogP contribution in [-0.4, -0.2) is 40.6 Å². The van der Waals surface area contributed by atoms with Gasteiger partial charge in [0.25, 0.3) is 0 Å². The standard InChI is InChI=1S/C10H18N2O5/c1-10(2,4-8(15)16)3-7(14)12-5-6(13)9(11)17/h6,13H,3-5H2,1-2H3,(H2,11,17)(H,12,14)(H,15,16). The van der Waals surface area contributed by atoms with Crippen molar-refractivity contribution in [2.75, 3.05) is 6.54 Å². The van der Waals surface area contributed by atoms with Crippen LogP contribution in [0.2, 0.25) is 0 Å². The summed E-state index contributed by atoms with van der Waals surface area (Å²) in [6.45, 7) is 3.02. The molecule has 17 heavy (non-hydrogen) atoms. The zero-order valence-corrected chi connectivity index (χ0v) is 9.90. The van der Waals surface area contributed by atoms with Gasteiger partial charge in [-0.25, -0.2) is 0 Å². The summed E-state index contributed by atoms with van der Waals surface area (Å²) < 4.78 is 0. The van der Waals surface area contributed by atoms with Crippen molar-refractivity contribution in [2.24, 2.45) is 11.1 Å². The zero-order chi connectivity index (χ0) is 13.6. The lowest BCUT2D eigenvalue weighted by molar-refractivity contribution is -0.139.